The van der Waals surface area contributed by atoms with Crippen LogP contribution in [0.3, 0.4) is 0 Å². The number of aromatic nitrogens is 1. The van der Waals surface area contributed by atoms with E-state index in [9.17, 15) is 8.42 Å². The second-order valence-corrected chi connectivity index (χ2v) is 11.0. The van der Waals surface area contributed by atoms with Crippen LogP contribution in [0.25, 0.3) is 5.57 Å². The standard InChI is InChI=1S/C28H28N4O3S/c1-32-17-26(24-12-13-30-27(24)18-32)25-15-23(36(2,33)34)10-11-28(25)35-22-5-3-4-21(14-22)31-16-19-6-8-20(29)9-7-19/h3-15,17,30-31H,16,18,29H2,1-2H3. The highest BCUT2D eigenvalue weighted by atomic mass is 32.2. The van der Waals surface area contributed by atoms with E-state index in [2.05, 4.69) is 15.2 Å². The lowest BCUT2D eigenvalue weighted by Crippen LogP contribution is -2.17. The largest absolute Gasteiger partial charge is 0.457 e. The Labute approximate surface area is 211 Å². The molecule has 0 spiro atoms. The molecule has 0 bridgehead atoms. The predicted octanol–water partition coefficient (Wildman–Crippen LogP) is 5.24. The van der Waals surface area contributed by atoms with Crippen molar-refractivity contribution < 1.29 is 13.2 Å². The van der Waals surface area contributed by atoms with Gasteiger partial charge in [0.15, 0.2) is 9.84 Å². The number of nitrogens with one attached hydrogen (secondary N) is 2. The molecule has 0 atom stereocenters. The molecular weight excluding hydrogens is 472 g/mol. The molecule has 0 aliphatic carbocycles. The lowest BCUT2D eigenvalue weighted by Gasteiger charge is -2.25. The first-order valence-corrected chi connectivity index (χ1v) is 13.4. The molecule has 184 valence electrons. The molecule has 7 nitrogen and oxygen atoms in total. The van der Waals surface area contributed by atoms with E-state index < -0.39 is 9.84 Å². The van der Waals surface area contributed by atoms with Crippen LogP contribution in [0.1, 0.15) is 22.4 Å². The van der Waals surface area contributed by atoms with Gasteiger partial charge in [0, 0.05) is 72.1 Å². The smallest absolute Gasteiger partial charge is 0.175 e. The highest BCUT2D eigenvalue weighted by Gasteiger charge is 2.22. The molecule has 8 heteroatoms. The van der Waals surface area contributed by atoms with Gasteiger partial charge in [0.25, 0.3) is 0 Å². The van der Waals surface area contributed by atoms with Crippen molar-refractivity contribution in [2.24, 2.45) is 0 Å². The minimum absolute atomic E-state index is 0.245. The number of hydrogen-bond acceptors (Lipinski definition) is 6. The van der Waals surface area contributed by atoms with E-state index in [0.29, 0.717) is 23.6 Å². The number of aromatic amines is 1. The summed E-state index contributed by atoms with van der Waals surface area (Å²) in [6.45, 7) is 1.39. The molecule has 0 unspecified atom stereocenters. The van der Waals surface area contributed by atoms with Crippen molar-refractivity contribution in [3.8, 4) is 11.5 Å². The van der Waals surface area contributed by atoms with E-state index in [1.165, 1.54) is 6.26 Å². The van der Waals surface area contributed by atoms with Gasteiger partial charge in [-0.3, -0.25) is 0 Å². The van der Waals surface area contributed by atoms with Gasteiger partial charge in [0.2, 0.25) is 0 Å². The van der Waals surface area contributed by atoms with Crippen LogP contribution in [0.15, 0.2) is 90.1 Å². The number of nitrogens with zero attached hydrogens (tertiary/aromatic N) is 1. The third-order valence-corrected chi connectivity index (χ3v) is 7.20. The van der Waals surface area contributed by atoms with Crippen molar-refractivity contribution >= 4 is 26.8 Å². The molecule has 4 N–H and O–H groups in total. The minimum atomic E-state index is -3.40. The highest BCUT2D eigenvalue weighted by Crippen LogP contribution is 2.39. The molecule has 4 aromatic rings. The first-order valence-electron chi connectivity index (χ1n) is 11.6. The summed E-state index contributed by atoms with van der Waals surface area (Å²) in [5.41, 5.74) is 12.2. The molecule has 1 aromatic heterocycles. The number of fused-ring (bicyclic) bond motifs is 1. The second-order valence-electron chi connectivity index (χ2n) is 8.98. The summed E-state index contributed by atoms with van der Waals surface area (Å²) >= 11 is 0. The number of nitrogens with two attached hydrogens (primary N) is 1. The Bertz CT molecular complexity index is 1540. The Hall–Kier alpha value is -4.17. The van der Waals surface area contributed by atoms with Crippen LogP contribution < -0.4 is 15.8 Å². The van der Waals surface area contributed by atoms with E-state index in [0.717, 1.165) is 40.3 Å². The number of rotatable bonds is 7. The van der Waals surface area contributed by atoms with Crippen LogP contribution in [0.2, 0.25) is 0 Å². The predicted molar refractivity (Wildman–Crippen MR) is 144 cm³/mol. The maximum Gasteiger partial charge on any atom is 0.175 e. The fourth-order valence-corrected chi connectivity index (χ4v) is 4.91. The third kappa shape index (κ3) is 5.08. The van der Waals surface area contributed by atoms with Crippen molar-refractivity contribution in [2.75, 3.05) is 24.4 Å². The Morgan fingerprint density at radius 2 is 1.83 bits per heavy atom. The van der Waals surface area contributed by atoms with Crippen LogP contribution in [0.5, 0.6) is 11.5 Å². The van der Waals surface area contributed by atoms with E-state index in [-0.39, 0.29) is 4.90 Å². The molecule has 0 amide bonds. The number of sulfone groups is 1. The normalized spacial score (nSPS) is 13.2. The van der Waals surface area contributed by atoms with Gasteiger partial charge in [-0.25, -0.2) is 8.42 Å². The van der Waals surface area contributed by atoms with Crippen molar-refractivity contribution in [2.45, 2.75) is 18.0 Å². The maximum absolute atomic E-state index is 12.4. The highest BCUT2D eigenvalue weighted by molar-refractivity contribution is 7.90. The first kappa shape index (κ1) is 23.6. The summed E-state index contributed by atoms with van der Waals surface area (Å²) in [6, 6.07) is 22.4. The summed E-state index contributed by atoms with van der Waals surface area (Å²) < 4.78 is 31.1. The van der Waals surface area contributed by atoms with Gasteiger partial charge in [-0.2, -0.15) is 0 Å². The van der Waals surface area contributed by atoms with Gasteiger partial charge >= 0.3 is 0 Å². The summed E-state index contributed by atoms with van der Waals surface area (Å²) in [7, 11) is -1.41. The Balaban J connectivity index is 1.47. The molecule has 5 rings (SSSR count). The van der Waals surface area contributed by atoms with Crippen molar-refractivity contribution in [3.05, 3.63) is 108 Å². The summed E-state index contributed by atoms with van der Waals surface area (Å²) in [6.07, 6.45) is 5.13. The van der Waals surface area contributed by atoms with E-state index in [1.54, 1.807) is 18.2 Å². The molecule has 0 saturated heterocycles. The minimum Gasteiger partial charge on any atom is -0.457 e. The molecule has 0 saturated carbocycles. The number of hydrogen-bond donors (Lipinski definition) is 3. The van der Waals surface area contributed by atoms with Gasteiger partial charge in [0.1, 0.15) is 11.5 Å². The summed E-state index contributed by atoms with van der Waals surface area (Å²) in [5, 5.41) is 3.41. The number of H-pyrrole nitrogens is 1. The molecular formula is C28H28N4O3S. The van der Waals surface area contributed by atoms with E-state index >= 15 is 0 Å². The van der Waals surface area contributed by atoms with Crippen molar-refractivity contribution in [1.29, 1.82) is 0 Å². The summed E-state index contributed by atoms with van der Waals surface area (Å²) in [5.74, 6) is 1.22. The molecule has 0 fully saturated rings. The zero-order valence-electron chi connectivity index (χ0n) is 20.2. The van der Waals surface area contributed by atoms with Gasteiger partial charge in [0.05, 0.1) is 11.4 Å². The van der Waals surface area contributed by atoms with E-state index in [1.807, 2.05) is 74.0 Å². The topological polar surface area (TPSA) is 100 Å². The fraction of sp³-hybridized carbons (Fsp3) is 0.143. The van der Waals surface area contributed by atoms with Crippen LogP contribution >= 0.6 is 0 Å². The fourth-order valence-electron chi connectivity index (χ4n) is 4.26. The zero-order chi connectivity index (χ0) is 25.3. The third-order valence-electron chi connectivity index (χ3n) is 6.09. The lowest BCUT2D eigenvalue weighted by atomic mass is 9.95. The molecule has 1 aliphatic heterocycles. The van der Waals surface area contributed by atoms with Crippen molar-refractivity contribution in [1.82, 2.24) is 9.88 Å². The van der Waals surface area contributed by atoms with Gasteiger partial charge < -0.3 is 25.7 Å². The molecule has 3 aromatic carbocycles. The van der Waals surface area contributed by atoms with Crippen LogP contribution in [-0.4, -0.2) is 31.6 Å². The monoisotopic (exact) mass is 500 g/mol. The molecule has 1 aliphatic rings. The van der Waals surface area contributed by atoms with Crippen LogP contribution in [-0.2, 0) is 22.9 Å². The Kier molecular flexibility index (Phi) is 6.20. The second kappa shape index (κ2) is 9.47. The average molecular weight is 501 g/mol. The van der Waals surface area contributed by atoms with Crippen LogP contribution in [0, 0.1) is 0 Å². The first-order chi connectivity index (χ1) is 17.3. The molecule has 2 heterocycles. The Morgan fingerprint density at radius 3 is 2.61 bits per heavy atom. The number of anilines is 2. The quantitative estimate of drug-likeness (QED) is 0.300. The van der Waals surface area contributed by atoms with Gasteiger partial charge in [-0.05, 0) is 54.1 Å². The molecule has 36 heavy (non-hydrogen) atoms. The zero-order valence-corrected chi connectivity index (χ0v) is 21.0. The average Bonchev–Trinajstić information content (AvgIpc) is 3.31. The van der Waals surface area contributed by atoms with Crippen LogP contribution in [0.4, 0.5) is 11.4 Å². The summed E-state index contributed by atoms with van der Waals surface area (Å²) in [4.78, 5) is 5.59. The van der Waals surface area contributed by atoms with Gasteiger partial charge in [-0.1, -0.05) is 18.2 Å². The lowest BCUT2D eigenvalue weighted by molar-refractivity contribution is 0.439. The number of ether oxygens (including phenoxy) is 1. The Morgan fingerprint density at radius 1 is 1.03 bits per heavy atom. The van der Waals surface area contributed by atoms with Crippen molar-refractivity contribution in [3.63, 3.8) is 0 Å². The SMILES string of the molecule is CN1C=C(c2cc(S(C)(=O)=O)ccc2Oc2cccc(NCc3ccc(N)cc3)c2)c2cc[nH]c2C1. The number of nitrogen functional groups attached to an aromatic ring is 1. The van der Waals surface area contributed by atoms with E-state index in [4.69, 9.17) is 10.5 Å². The van der Waals surface area contributed by atoms with Gasteiger partial charge in [-0.15, -0.1) is 0 Å². The maximum atomic E-state index is 12.4. The molecule has 0 radical (unpaired) electrons. The number of benzene rings is 3.